The molecule has 1 nitrogen and oxygen atoms in total. The summed E-state index contributed by atoms with van der Waals surface area (Å²) in [6.07, 6.45) is -16.7. The highest BCUT2D eigenvalue weighted by atomic mass is 19.4. The zero-order chi connectivity index (χ0) is 17.3. The molecule has 0 aliphatic carbocycles. The van der Waals surface area contributed by atoms with Crippen LogP contribution in [0.15, 0.2) is 24.3 Å². The summed E-state index contributed by atoms with van der Waals surface area (Å²) in [5.74, 6) is -0.0486. The van der Waals surface area contributed by atoms with E-state index in [1.807, 2.05) is 0 Å². The number of hydrogen-bond acceptors (Lipinski definition) is 1. The predicted molar refractivity (Wildman–Crippen MR) is 66.1 cm³/mol. The number of hydrogen-bond donors (Lipinski definition) is 1. The predicted octanol–water partition coefficient (Wildman–Crippen LogP) is 5.07. The van der Waals surface area contributed by atoms with Gasteiger partial charge in [0.1, 0.15) is 0 Å². The highest BCUT2D eigenvalue weighted by molar-refractivity contribution is 5.27. The highest BCUT2D eigenvalue weighted by Crippen LogP contribution is 2.50. The van der Waals surface area contributed by atoms with Gasteiger partial charge in [-0.3, -0.25) is 0 Å². The van der Waals surface area contributed by atoms with Crippen molar-refractivity contribution in [3.63, 3.8) is 0 Å². The third kappa shape index (κ3) is 3.71. The summed E-state index contributed by atoms with van der Waals surface area (Å²) < 4.78 is 88.5. The van der Waals surface area contributed by atoms with E-state index in [2.05, 4.69) is 0 Å². The van der Waals surface area contributed by atoms with Gasteiger partial charge in [-0.25, -0.2) is 4.39 Å². The van der Waals surface area contributed by atoms with Crippen molar-refractivity contribution in [3.05, 3.63) is 35.4 Å². The lowest BCUT2D eigenvalue weighted by molar-refractivity contribution is -0.347. The van der Waals surface area contributed by atoms with Crippen molar-refractivity contribution in [3.8, 4) is 0 Å². The minimum absolute atomic E-state index is 0.0486. The summed E-state index contributed by atoms with van der Waals surface area (Å²) >= 11 is 0. The van der Waals surface area contributed by atoms with Gasteiger partial charge in [0.25, 0.3) is 0 Å². The molecular weight excluding hydrogens is 317 g/mol. The van der Waals surface area contributed by atoms with Gasteiger partial charge in [0.2, 0.25) is 0 Å². The zero-order valence-corrected chi connectivity index (χ0v) is 11.8. The average Bonchev–Trinajstić information content (AvgIpc) is 2.36. The van der Waals surface area contributed by atoms with Gasteiger partial charge in [-0.1, -0.05) is 38.1 Å². The van der Waals surface area contributed by atoms with Crippen LogP contribution in [0.2, 0.25) is 0 Å². The van der Waals surface area contributed by atoms with Crippen molar-refractivity contribution in [2.45, 2.75) is 50.3 Å². The Hall–Kier alpha value is -1.31. The number of halogens is 7. The van der Waals surface area contributed by atoms with Crippen LogP contribution in [-0.2, 0) is 0 Å². The van der Waals surface area contributed by atoms with E-state index in [0.717, 1.165) is 6.07 Å². The Balaban J connectivity index is 3.12. The first-order valence-electron chi connectivity index (χ1n) is 6.40. The van der Waals surface area contributed by atoms with Gasteiger partial charge >= 0.3 is 18.0 Å². The standard InChI is InChI=1S/C14H15F7O/c1-8(2)9-4-3-5-10(6-9)11(22)7-12(15,13(16,17)18)14(19,20)21/h3-6,8,11,22H,7H2,1-2H3. The molecule has 1 atom stereocenters. The van der Waals surface area contributed by atoms with E-state index in [9.17, 15) is 35.8 Å². The lowest BCUT2D eigenvalue weighted by Gasteiger charge is -2.31. The van der Waals surface area contributed by atoms with E-state index >= 15 is 0 Å². The molecule has 126 valence electrons. The molecule has 0 heterocycles. The summed E-state index contributed by atoms with van der Waals surface area (Å²) in [6, 6.07) is 5.41. The molecule has 1 unspecified atom stereocenters. The molecule has 8 heteroatoms. The second-order valence-corrected chi connectivity index (χ2v) is 5.34. The van der Waals surface area contributed by atoms with Gasteiger partial charge in [-0.2, -0.15) is 26.3 Å². The normalized spacial score (nSPS) is 15.2. The Morgan fingerprint density at radius 3 is 1.77 bits per heavy atom. The van der Waals surface area contributed by atoms with Crippen molar-refractivity contribution in [1.29, 1.82) is 0 Å². The first kappa shape index (κ1) is 18.7. The summed E-state index contributed by atoms with van der Waals surface area (Å²) in [7, 11) is 0. The molecule has 0 fully saturated rings. The monoisotopic (exact) mass is 332 g/mol. The fraction of sp³-hybridized carbons (Fsp3) is 0.571. The van der Waals surface area contributed by atoms with Crippen LogP contribution >= 0.6 is 0 Å². The van der Waals surface area contributed by atoms with E-state index in [-0.39, 0.29) is 11.5 Å². The van der Waals surface area contributed by atoms with Crippen LogP contribution in [0.4, 0.5) is 30.7 Å². The molecule has 0 aliphatic rings. The Morgan fingerprint density at radius 2 is 1.36 bits per heavy atom. The minimum atomic E-state index is -6.16. The van der Waals surface area contributed by atoms with Crippen LogP contribution in [0.25, 0.3) is 0 Å². The molecule has 0 saturated carbocycles. The van der Waals surface area contributed by atoms with E-state index < -0.39 is 30.5 Å². The molecule has 1 aromatic rings. The topological polar surface area (TPSA) is 20.2 Å². The molecule has 0 saturated heterocycles. The molecule has 0 bridgehead atoms. The Labute approximate surface area is 122 Å². The van der Waals surface area contributed by atoms with E-state index in [1.54, 1.807) is 19.9 Å². The third-order valence-electron chi connectivity index (χ3n) is 3.34. The fourth-order valence-electron chi connectivity index (χ4n) is 1.90. The van der Waals surface area contributed by atoms with E-state index in [4.69, 9.17) is 0 Å². The molecule has 0 spiro atoms. The van der Waals surface area contributed by atoms with Crippen molar-refractivity contribution < 1.29 is 35.8 Å². The van der Waals surface area contributed by atoms with Crippen LogP contribution in [0.3, 0.4) is 0 Å². The van der Waals surface area contributed by atoms with Crippen LogP contribution in [0, 0.1) is 0 Å². The zero-order valence-electron chi connectivity index (χ0n) is 11.8. The number of rotatable bonds is 4. The van der Waals surface area contributed by atoms with Crippen LogP contribution in [0.5, 0.6) is 0 Å². The molecule has 1 rings (SSSR count). The smallest absolute Gasteiger partial charge is 0.388 e. The number of aliphatic hydroxyl groups excluding tert-OH is 1. The molecule has 0 amide bonds. The lowest BCUT2D eigenvalue weighted by Crippen LogP contribution is -2.54. The Morgan fingerprint density at radius 1 is 0.909 bits per heavy atom. The second-order valence-electron chi connectivity index (χ2n) is 5.34. The molecule has 1 aromatic carbocycles. The SMILES string of the molecule is CC(C)c1cccc(C(O)CC(F)(C(F)(F)F)C(F)(F)F)c1. The maximum Gasteiger partial charge on any atom is 0.431 e. The lowest BCUT2D eigenvalue weighted by atomic mass is 9.91. The molecule has 1 N–H and O–H groups in total. The summed E-state index contributed by atoms with van der Waals surface area (Å²) in [5, 5.41) is 9.65. The molecule has 0 radical (unpaired) electrons. The van der Waals surface area contributed by atoms with Crippen molar-refractivity contribution >= 4 is 0 Å². The van der Waals surface area contributed by atoms with E-state index in [1.165, 1.54) is 12.1 Å². The van der Waals surface area contributed by atoms with Gasteiger partial charge in [0.05, 0.1) is 6.10 Å². The Kier molecular flexibility index (Phi) is 5.16. The highest BCUT2D eigenvalue weighted by Gasteiger charge is 2.72. The Bertz CT molecular complexity index is 491. The van der Waals surface area contributed by atoms with Gasteiger partial charge in [0, 0.05) is 6.42 Å². The quantitative estimate of drug-likeness (QED) is 0.764. The average molecular weight is 332 g/mol. The number of aliphatic hydroxyl groups is 1. The van der Waals surface area contributed by atoms with Crippen LogP contribution in [0.1, 0.15) is 43.4 Å². The molecule has 0 aliphatic heterocycles. The maximum absolute atomic E-state index is 13.6. The largest absolute Gasteiger partial charge is 0.431 e. The van der Waals surface area contributed by atoms with E-state index in [0.29, 0.717) is 5.56 Å². The van der Waals surface area contributed by atoms with Gasteiger partial charge in [-0.05, 0) is 17.0 Å². The molecule has 0 aromatic heterocycles. The summed E-state index contributed by atoms with van der Waals surface area (Å²) in [4.78, 5) is 0. The van der Waals surface area contributed by atoms with Crippen molar-refractivity contribution in [2.24, 2.45) is 0 Å². The molecule has 22 heavy (non-hydrogen) atoms. The van der Waals surface area contributed by atoms with Crippen LogP contribution < -0.4 is 0 Å². The summed E-state index contributed by atoms with van der Waals surface area (Å²) in [6.45, 7) is 3.52. The summed E-state index contributed by atoms with van der Waals surface area (Å²) in [5.41, 5.74) is -5.05. The maximum atomic E-state index is 13.6. The van der Waals surface area contributed by atoms with Gasteiger partial charge in [0.15, 0.2) is 0 Å². The number of alkyl halides is 7. The fourth-order valence-corrected chi connectivity index (χ4v) is 1.90. The first-order chi connectivity index (χ1) is 9.79. The number of benzene rings is 1. The molecular formula is C14H15F7O. The van der Waals surface area contributed by atoms with Gasteiger partial charge in [-0.15, -0.1) is 0 Å². The van der Waals surface area contributed by atoms with Crippen LogP contribution in [-0.4, -0.2) is 23.1 Å². The third-order valence-corrected chi connectivity index (χ3v) is 3.34. The van der Waals surface area contributed by atoms with Crippen molar-refractivity contribution in [1.82, 2.24) is 0 Å². The minimum Gasteiger partial charge on any atom is -0.388 e. The first-order valence-corrected chi connectivity index (χ1v) is 6.40. The van der Waals surface area contributed by atoms with Gasteiger partial charge < -0.3 is 5.11 Å². The van der Waals surface area contributed by atoms with Crippen molar-refractivity contribution in [2.75, 3.05) is 0 Å². The second kappa shape index (κ2) is 6.06.